The van der Waals surface area contributed by atoms with Gasteiger partial charge in [0.05, 0.1) is 35.7 Å². The fourth-order valence-electron chi connectivity index (χ4n) is 8.14. The number of para-hydroxylation sites is 2. The van der Waals surface area contributed by atoms with Crippen molar-refractivity contribution in [3.05, 3.63) is 199 Å². The number of amides is 3. The summed E-state index contributed by atoms with van der Waals surface area (Å²) >= 11 is 19.5. The first-order valence-electron chi connectivity index (χ1n) is 23.4. The van der Waals surface area contributed by atoms with Crippen molar-refractivity contribution in [2.45, 2.75) is 26.7 Å². The number of nitrogen functional groups attached to an aromatic ring is 1. The first kappa shape index (κ1) is 53.6. The molecule has 0 bridgehead atoms. The van der Waals surface area contributed by atoms with E-state index in [2.05, 4.69) is 15.3 Å². The van der Waals surface area contributed by atoms with Gasteiger partial charge < -0.3 is 30.3 Å². The SMILES string of the molecule is CCOC(=O)c1cc2c(s1)-c1ccccc1N(C(=O)c1ccc(N)cc1)CC2.CCOC(=O)c1cc2c(s1)-c1ccccc1N(C(=O)c1ccc(NC(=O)c3cccnc3Cl)cc1)CC2.O=C(Cl)c1cccnc1Cl. The van der Waals surface area contributed by atoms with Crippen LogP contribution in [0.1, 0.15) is 85.7 Å². The van der Waals surface area contributed by atoms with E-state index in [4.69, 9.17) is 50.0 Å². The second kappa shape index (κ2) is 24.5. The lowest BCUT2D eigenvalue weighted by Gasteiger charge is -2.23. The van der Waals surface area contributed by atoms with Gasteiger partial charge in [0.15, 0.2) is 0 Å². The molecule has 4 aromatic carbocycles. The molecule has 14 nitrogen and oxygen atoms in total. The van der Waals surface area contributed by atoms with Crippen LogP contribution in [0.2, 0.25) is 10.3 Å². The number of benzene rings is 4. The van der Waals surface area contributed by atoms with Crippen molar-refractivity contribution in [1.29, 1.82) is 0 Å². The Morgan fingerprint density at radius 3 is 1.47 bits per heavy atom. The molecular formula is C56H45Cl3N6O8S2. The van der Waals surface area contributed by atoms with Gasteiger partial charge in [-0.15, -0.1) is 22.7 Å². The van der Waals surface area contributed by atoms with Gasteiger partial charge in [0.1, 0.15) is 20.1 Å². The number of nitrogens with zero attached hydrogens (tertiary/aromatic N) is 4. The lowest BCUT2D eigenvalue weighted by Crippen LogP contribution is -2.32. The van der Waals surface area contributed by atoms with E-state index in [1.165, 1.54) is 41.1 Å². The lowest BCUT2D eigenvalue weighted by molar-refractivity contribution is 0.0522. The molecule has 75 heavy (non-hydrogen) atoms. The van der Waals surface area contributed by atoms with Gasteiger partial charge in [0, 0.05) is 68.9 Å². The van der Waals surface area contributed by atoms with Crippen molar-refractivity contribution in [2.24, 2.45) is 0 Å². The molecule has 0 saturated heterocycles. The minimum absolute atomic E-state index is 0.0618. The molecule has 19 heteroatoms. The number of pyridine rings is 2. The standard InChI is InChI=1S/C28H22ClN3O4S.C22H20N2O3S.C6H3Cl2NO/c1-2-36-28(35)23-16-18-13-15-32(22-8-4-3-6-20(22)24(18)37-23)27(34)17-9-11-19(12-10-17)31-26(33)21-7-5-14-30-25(21)29;1-2-27-22(26)19-13-15-11-12-24(21(25)14-7-9-16(23)10-8-14)18-6-4-3-5-17(18)20(15)28-19;7-5-4(6(8)10)2-1-3-9-5/h3-12,14,16H,2,13,15H2,1H3,(H,31,33);3-10,13H,2,11-12,23H2,1H3;1-3H. The number of carbonyl (C=O) groups excluding carboxylic acids is 6. The first-order chi connectivity index (χ1) is 36.3. The van der Waals surface area contributed by atoms with Crippen molar-refractivity contribution >= 4 is 115 Å². The molecule has 3 amide bonds. The number of halogens is 3. The molecule has 380 valence electrons. The van der Waals surface area contributed by atoms with Gasteiger partial charge in [-0.3, -0.25) is 19.2 Å². The van der Waals surface area contributed by atoms with E-state index in [-0.39, 0.29) is 51.1 Å². The summed E-state index contributed by atoms with van der Waals surface area (Å²) in [6.45, 7) is 5.24. The second-order valence-electron chi connectivity index (χ2n) is 16.4. The minimum atomic E-state index is -0.585. The highest BCUT2D eigenvalue weighted by Crippen LogP contribution is 2.43. The van der Waals surface area contributed by atoms with Crippen LogP contribution >= 0.6 is 57.5 Å². The summed E-state index contributed by atoms with van der Waals surface area (Å²) < 4.78 is 10.3. The van der Waals surface area contributed by atoms with Crippen molar-refractivity contribution in [3.8, 4) is 20.9 Å². The minimum Gasteiger partial charge on any atom is -0.462 e. The Kier molecular flexibility index (Phi) is 17.5. The van der Waals surface area contributed by atoms with Gasteiger partial charge in [0.25, 0.3) is 23.0 Å². The Labute approximate surface area is 454 Å². The number of ether oxygens (including phenoxy) is 2. The van der Waals surface area contributed by atoms with Crippen LogP contribution in [0.5, 0.6) is 0 Å². The van der Waals surface area contributed by atoms with E-state index in [0.29, 0.717) is 71.4 Å². The number of rotatable bonds is 9. The van der Waals surface area contributed by atoms with E-state index in [1.54, 1.807) is 90.4 Å². The smallest absolute Gasteiger partial charge is 0.348 e. The van der Waals surface area contributed by atoms with Crippen LogP contribution in [-0.4, -0.2) is 71.2 Å². The molecule has 0 atom stereocenters. The molecule has 8 aromatic rings. The zero-order chi connectivity index (χ0) is 53.2. The van der Waals surface area contributed by atoms with Gasteiger partial charge >= 0.3 is 11.9 Å². The summed E-state index contributed by atoms with van der Waals surface area (Å²) in [5.41, 5.74) is 14.1. The van der Waals surface area contributed by atoms with Crippen LogP contribution in [0.15, 0.2) is 146 Å². The quantitative estimate of drug-likeness (QED) is 0.0605. The maximum atomic E-state index is 13.6. The highest BCUT2D eigenvalue weighted by Gasteiger charge is 2.30. The zero-order valence-corrected chi connectivity index (χ0v) is 44.1. The number of thiophene rings is 2. The van der Waals surface area contributed by atoms with Crippen LogP contribution in [0.3, 0.4) is 0 Å². The number of nitrogens with two attached hydrogens (primary N) is 1. The zero-order valence-electron chi connectivity index (χ0n) is 40.2. The molecule has 0 spiro atoms. The van der Waals surface area contributed by atoms with E-state index < -0.39 is 5.24 Å². The Morgan fingerprint density at radius 1 is 0.600 bits per heavy atom. The highest BCUT2D eigenvalue weighted by atomic mass is 35.5. The number of hydrogen-bond acceptors (Lipinski definition) is 13. The summed E-state index contributed by atoms with van der Waals surface area (Å²) in [4.78, 5) is 88.5. The van der Waals surface area contributed by atoms with Crippen LogP contribution < -0.4 is 20.9 Å². The van der Waals surface area contributed by atoms with Crippen molar-refractivity contribution < 1.29 is 38.2 Å². The van der Waals surface area contributed by atoms with Crippen LogP contribution in [-0.2, 0) is 22.3 Å². The Bertz CT molecular complexity index is 3440. The largest absolute Gasteiger partial charge is 0.462 e. The topological polar surface area (TPSA) is 191 Å². The third kappa shape index (κ3) is 12.5. The Hall–Kier alpha value is -7.73. The number of anilines is 4. The molecule has 0 unspecified atom stereocenters. The molecule has 2 aliphatic heterocycles. The van der Waals surface area contributed by atoms with Gasteiger partial charge in [-0.2, -0.15) is 0 Å². The van der Waals surface area contributed by atoms with Crippen LogP contribution in [0.25, 0.3) is 20.9 Å². The predicted molar refractivity (Wildman–Crippen MR) is 296 cm³/mol. The number of hydrogen-bond donors (Lipinski definition) is 2. The molecule has 10 rings (SSSR count). The van der Waals surface area contributed by atoms with E-state index in [1.807, 2.05) is 60.7 Å². The normalized spacial score (nSPS) is 12.0. The predicted octanol–water partition coefficient (Wildman–Crippen LogP) is 12.6. The number of aromatic nitrogens is 2. The summed E-state index contributed by atoms with van der Waals surface area (Å²) in [5.74, 6) is -1.22. The van der Waals surface area contributed by atoms with E-state index in [0.717, 1.165) is 43.4 Å². The first-order valence-corrected chi connectivity index (χ1v) is 26.1. The third-order valence-electron chi connectivity index (χ3n) is 11.7. The summed E-state index contributed by atoms with van der Waals surface area (Å²) in [5, 5.41) is 2.45. The molecule has 0 radical (unpaired) electrons. The van der Waals surface area contributed by atoms with Crippen molar-refractivity contribution in [1.82, 2.24) is 9.97 Å². The lowest BCUT2D eigenvalue weighted by atomic mass is 10.1. The molecule has 0 aliphatic carbocycles. The van der Waals surface area contributed by atoms with Crippen LogP contribution in [0.4, 0.5) is 22.7 Å². The van der Waals surface area contributed by atoms with Gasteiger partial charge in [-0.05, 0) is 146 Å². The molecule has 4 aromatic heterocycles. The molecule has 3 N–H and O–H groups in total. The van der Waals surface area contributed by atoms with Crippen LogP contribution in [0, 0.1) is 0 Å². The van der Waals surface area contributed by atoms with Gasteiger partial charge in [-0.1, -0.05) is 59.6 Å². The monoisotopic (exact) mass is 1100 g/mol. The van der Waals surface area contributed by atoms with Crippen molar-refractivity contribution in [2.75, 3.05) is 47.2 Å². The number of carbonyl (C=O) groups is 6. The maximum absolute atomic E-state index is 13.6. The maximum Gasteiger partial charge on any atom is 0.348 e. The number of nitrogens with one attached hydrogen (secondary N) is 1. The van der Waals surface area contributed by atoms with Crippen molar-refractivity contribution in [3.63, 3.8) is 0 Å². The highest BCUT2D eigenvalue weighted by molar-refractivity contribution is 7.18. The fourth-order valence-corrected chi connectivity index (χ4v) is 11.0. The summed E-state index contributed by atoms with van der Waals surface area (Å²) in [7, 11) is 0. The molecule has 0 fully saturated rings. The Morgan fingerprint density at radius 2 is 1.04 bits per heavy atom. The molecular weight excluding hydrogens is 1060 g/mol. The molecule has 6 heterocycles. The average molecular weight is 1100 g/mol. The summed E-state index contributed by atoms with van der Waals surface area (Å²) in [6.07, 6.45) is 4.27. The third-order valence-corrected chi connectivity index (χ3v) is 14.9. The summed E-state index contributed by atoms with van der Waals surface area (Å²) in [6, 6.07) is 39.3. The van der Waals surface area contributed by atoms with Gasteiger partial charge in [0.2, 0.25) is 0 Å². The molecule has 0 saturated carbocycles. The Balaban J connectivity index is 0.000000172. The number of fused-ring (bicyclic) bond motifs is 6. The van der Waals surface area contributed by atoms with E-state index in [9.17, 15) is 28.8 Å². The van der Waals surface area contributed by atoms with E-state index >= 15 is 0 Å². The number of esters is 2. The fraction of sp³-hybridized carbons (Fsp3) is 0.143. The van der Waals surface area contributed by atoms with Gasteiger partial charge in [-0.25, -0.2) is 19.6 Å². The molecule has 2 aliphatic rings. The second-order valence-corrected chi connectivity index (χ2v) is 19.6. The average Bonchev–Trinajstić information content (AvgIpc) is 3.98.